The minimum atomic E-state index is -4.13. The van der Waals surface area contributed by atoms with Crippen molar-refractivity contribution in [2.45, 2.75) is 4.90 Å². The van der Waals surface area contributed by atoms with Crippen molar-refractivity contribution in [1.82, 2.24) is 5.43 Å². The number of nitro benzene ring substituents is 1. The Bertz CT molecular complexity index is 1260. The number of rotatable bonds is 9. The van der Waals surface area contributed by atoms with Crippen LogP contribution in [0.1, 0.15) is 5.56 Å². The molecule has 0 radical (unpaired) electrons. The van der Waals surface area contributed by atoms with Crippen LogP contribution >= 0.6 is 0 Å². The van der Waals surface area contributed by atoms with Crippen LogP contribution in [-0.4, -0.2) is 39.1 Å². The Morgan fingerprint density at radius 1 is 1.09 bits per heavy atom. The second kappa shape index (κ2) is 10.4. The lowest BCUT2D eigenvalue weighted by atomic mass is 10.2. The molecule has 0 bridgehead atoms. The molecule has 3 aromatic rings. The number of nitro groups is 1. The van der Waals surface area contributed by atoms with Crippen molar-refractivity contribution in [3.05, 3.63) is 94.5 Å². The Hall–Kier alpha value is -4.25. The third-order valence-corrected chi connectivity index (χ3v) is 6.25. The summed E-state index contributed by atoms with van der Waals surface area (Å²) in [5.41, 5.74) is 2.85. The SMILES string of the molecule is COc1cccc(/C=N\NC(=O)CN(c2ccc([N+](=O)[O-])cc2)S(=O)(=O)c2ccccc2)c1. The van der Waals surface area contributed by atoms with E-state index in [2.05, 4.69) is 10.5 Å². The van der Waals surface area contributed by atoms with Gasteiger partial charge in [-0.15, -0.1) is 0 Å². The fourth-order valence-electron chi connectivity index (χ4n) is 2.84. The summed E-state index contributed by atoms with van der Waals surface area (Å²) in [5.74, 6) is -0.0874. The fraction of sp³-hybridized carbons (Fsp3) is 0.0909. The number of nitrogens with one attached hydrogen (secondary N) is 1. The number of hydrogen-bond acceptors (Lipinski definition) is 7. The molecule has 0 fully saturated rings. The average molecular weight is 468 g/mol. The van der Waals surface area contributed by atoms with Gasteiger partial charge in [0.15, 0.2) is 0 Å². The van der Waals surface area contributed by atoms with E-state index in [1.807, 2.05) is 0 Å². The molecule has 3 rings (SSSR count). The standard InChI is InChI=1S/C22H20N4O6S/c1-32-20-7-5-6-17(14-20)15-23-24-22(27)16-25(18-10-12-19(13-11-18)26(28)29)33(30,31)21-8-3-2-4-9-21/h2-15H,16H2,1H3,(H,24,27)/b23-15-. The van der Waals surface area contributed by atoms with Gasteiger partial charge >= 0.3 is 0 Å². The summed E-state index contributed by atoms with van der Waals surface area (Å²) in [6, 6.07) is 19.4. The molecule has 0 aliphatic carbocycles. The predicted molar refractivity (Wildman–Crippen MR) is 123 cm³/mol. The van der Waals surface area contributed by atoms with E-state index in [-0.39, 0.29) is 16.3 Å². The van der Waals surface area contributed by atoms with Gasteiger partial charge in [0.2, 0.25) is 0 Å². The normalized spacial score (nSPS) is 11.2. The van der Waals surface area contributed by atoms with E-state index in [0.29, 0.717) is 11.3 Å². The van der Waals surface area contributed by atoms with Crippen LogP contribution in [0.25, 0.3) is 0 Å². The third kappa shape index (κ3) is 5.92. The number of non-ortho nitro benzene ring substituents is 1. The highest BCUT2D eigenvalue weighted by molar-refractivity contribution is 7.92. The Balaban J connectivity index is 1.83. The maximum atomic E-state index is 13.2. The molecule has 0 saturated heterocycles. The third-order valence-electron chi connectivity index (χ3n) is 4.46. The van der Waals surface area contributed by atoms with Crippen molar-refractivity contribution in [1.29, 1.82) is 0 Å². The van der Waals surface area contributed by atoms with E-state index in [9.17, 15) is 23.3 Å². The molecule has 0 unspecified atom stereocenters. The summed E-state index contributed by atoms with van der Waals surface area (Å²) in [5, 5.41) is 14.8. The van der Waals surface area contributed by atoms with Gasteiger partial charge < -0.3 is 4.74 Å². The Morgan fingerprint density at radius 3 is 2.42 bits per heavy atom. The number of carbonyl (C=O) groups is 1. The predicted octanol–water partition coefficient (Wildman–Crippen LogP) is 2.95. The van der Waals surface area contributed by atoms with Crippen molar-refractivity contribution < 1.29 is 22.9 Å². The second-order valence-electron chi connectivity index (χ2n) is 6.67. The van der Waals surface area contributed by atoms with Crippen molar-refractivity contribution in [3.8, 4) is 5.75 Å². The van der Waals surface area contributed by atoms with Gasteiger partial charge in [-0.3, -0.25) is 19.2 Å². The zero-order chi connectivity index (χ0) is 23.8. The average Bonchev–Trinajstić information content (AvgIpc) is 2.83. The number of ether oxygens (including phenoxy) is 1. The second-order valence-corrected chi connectivity index (χ2v) is 8.53. The molecule has 0 saturated carbocycles. The number of amides is 1. The van der Waals surface area contributed by atoms with Crippen molar-refractivity contribution in [3.63, 3.8) is 0 Å². The van der Waals surface area contributed by atoms with Crippen LogP contribution in [-0.2, 0) is 14.8 Å². The number of methoxy groups -OCH3 is 1. The van der Waals surface area contributed by atoms with E-state index in [0.717, 1.165) is 4.31 Å². The molecule has 170 valence electrons. The molecule has 11 heteroatoms. The van der Waals surface area contributed by atoms with Gasteiger partial charge in [0.05, 0.1) is 28.8 Å². The van der Waals surface area contributed by atoms with Crippen molar-refractivity contribution in [2.75, 3.05) is 18.0 Å². The number of anilines is 1. The summed E-state index contributed by atoms with van der Waals surface area (Å²) < 4.78 is 32.4. The molecule has 0 aromatic heterocycles. The van der Waals surface area contributed by atoms with Crippen LogP contribution in [0.15, 0.2) is 88.9 Å². The molecule has 0 aliphatic rings. The maximum absolute atomic E-state index is 13.2. The first-order chi connectivity index (χ1) is 15.8. The minimum absolute atomic E-state index is 0.0314. The quantitative estimate of drug-likeness (QED) is 0.292. The molecule has 1 amide bonds. The molecular weight excluding hydrogens is 448 g/mol. The van der Waals surface area contributed by atoms with Gasteiger partial charge in [0.1, 0.15) is 12.3 Å². The van der Waals surface area contributed by atoms with Crippen LogP contribution in [0.2, 0.25) is 0 Å². The van der Waals surface area contributed by atoms with Gasteiger partial charge in [0.25, 0.3) is 21.6 Å². The number of carbonyl (C=O) groups excluding carboxylic acids is 1. The fourth-order valence-corrected chi connectivity index (χ4v) is 4.28. The van der Waals surface area contributed by atoms with Gasteiger partial charge in [0, 0.05) is 12.1 Å². The zero-order valence-corrected chi connectivity index (χ0v) is 18.3. The van der Waals surface area contributed by atoms with E-state index >= 15 is 0 Å². The molecule has 0 spiro atoms. The van der Waals surface area contributed by atoms with Crippen LogP contribution in [0, 0.1) is 10.1 Å². The monoisotopic (exact) mass is 468 g/mol. The summed E-state index contributed by atoms with van der Waals surface area (Å²) in [6.45, 7) is -0.593. The number of benzene rings is 3. The largest absolute Gasteiger partial charge is 0.497 e. The smallest absolute Gasteiger partial charge is 0.269 e. The first-order valence-electron chi connectivity index (χ1n) is 9.59. The van der Waals surface area contributed by atoms with Gasteiger partial charge in [-0.2, -0.15) is 5.10 Å². The zero-order valence-electron chi connectivity index (χ0n) is 17.5. The lowest BCUT2D eigenvalue weighted by Crippen LogP contribution is -2.39. The molecule has 33 heavy (non-hydrogen) atoms. The number of hydrazone groups is 1. The number of nitrogens with zero attached hydrogens (tertiary/aromatic N) is 3. The van der Waals surface area contributed by atoms with E-state index in [1.165, 1.54) is 49.7 Å². The first-order valence-corrected chi connectivity index (χ1v) is 11.0. The van der Waals surface area contributed by atoms with E-state index in [4.69, 9.17) is 4.74 Å². The molecule has 0 heterocycles. The van der Waals surface area contributed by atoms with Gasteiger partial charge in [-0.05, 0) is 42.0 Å². The van der Waals surface area contributed by atoms with E-state index < -0.39 is 27.4 Å². The van der Waals surface area contributed by atoms with Gasteiger partial charge in [-0.25, -0.2) is 13.8 Å². The highest BCUT2D eigenvalue weighted by Gasteiger charge is 2.27. The summed E-state index contributed by atoms with van der Waals surface area (Å²) >= 11 is 0. The molecular formula is C22H20N4O6S. The minimum Gasteiger partial charge on any atom is -0.497 e. The Labute approximate surface area is 190 Å². The van der Waals surface area contributed by atoms with E-state index in [1.54, 1.807) is 42.5 Å². The van der Waals surface area contributed by atoms with Crippen LogP contribution in [0.4, 0.5) is 11.4 Å². The topological polar surface area (TPSA) is 131 Å². The summed E-state index contributed by atoms with van der Waals surface area (Å²) in [6.07, 6.45) is 1.39. The van der Waals surface area contributed by atoms with Crippen LogP contribution < -0.4 is 14.5 Å². The number of hydrogen-bond donors (Lipinski definition) is 1. The highest BCUT2D eigenvalue weighted by Crippen LogP contribution is 2.25. The molecule has 10 nitrogen and oxygen atoms in total. The summed E-state index contributed by atoms with van der Waals surface area (Å²) in [4.78, 5) is 22.8. The molecule has 3 aromatic carbocycles. The number of sulfonamides is 1. The van der Waals surface area contributed by atoms with Gasteiger partial charge in [-0.1, -0.05) is 30.3 Å². The van der Waals surface area contributed by atoms with Crippen molar-refractivity contribution >= 4 is 33.5 Å². The lowest BCUT2D eigenvalue weighted by Gasteiger charge is -2.23. The van der Waals surface area contributed by atoms with Crippen LogP contribution in [0.3, 0.4) is 0 Å². The lowest BCUT2D eigenvalue weighted by molar-refractivity contribution is -0.384. The molecule has 1 N–H and O–H groups in total. The maximum Gasteiger partial charge on any atom is 0.269 e. The Morgan fingerprint density at radius 2 is 1.79 bits per heavy atom. The summed E-state index contributed by atoms with van der Waals surface area (Å²) in [7, 11) is -2.61. The van der Waals surface area contributed by atoms with Crippen LogP contribution in [0.5, 0.6) is 5.75 Å². The Kier molecular flexibility index (Phi) is 7.36. The first kappa shape index (κ1) is 23.4. The molecule has 0 atom stereocenters. The van der Waals surface area contributed by atoms with Crippen molar-refractivity contribution in [2.24, 2.45) is 5.10 Å². The molecule has 0 aliphatic heterocycles. The highest BCUT2D eigenvalue weighted by atomic mass is 32.2.